The van der Waals surface area contributed by atoms with Gasteiger partial charge in [0.05, 0.1) is 0 Å². The van der Waals surface area contributed by atoms with Crippen LogP contribution in [0.15, 0.2) is 24.3 Å². The van der Waals surface area contributed by atoms with E-state index in [9.17, 15) is 9.50 Å². The molecule has 2 N–H and O–H groups in total. The molecule has 140 valence electrons. The molecular formula is C20H31FN2O2. The molecule has 0 radical (unpaired) electrons. The summed E-state index contributed by atoms with van der Waals surface area (Å²) < 4.78 is 18.9. The van der Waals surface area contributed by atoms with Crippen molar-refractivity contribution in [2.75, 3.05) is 26.2 Å². The standard InChI is InChI=1S/C20H31FN2O2/c21-16-8-10-17(11-9-16)25-19-7-5-6-18(20(19)24)22-12-1-2-13-23-14-3-4-15-23/h8-11,18-20,22,24H,1-7,12-15H2/t18-,19+,20+/m0/s1. The van der Waals surface area contributed by atoms with Gasteiger partial charge in [0.25, 0.3) is 0 Å². The third-order valence-electron chi connectivity index (χ3n) is 5.40. The SMILES string of the molecule is O[C@@H]1[C@@H](NCCCCN2CCCC2)CCC[C@H]1Oc1ccc(F)cc1. The summed E-state index contributed by atoms with van der Waals surface area (Å²) in [5, 5.41) is 14.1. The van der Waals surface area contributed by atoms with Crippen LogP contribution < -0.4 is 10.1 Å². The number of hydrogen-bond donors (Lipinski definition) is 2. The zero-order valence-electron chi connectivity index (χ0n) is 15.0. The number of benzene rings is 1. The van der Waals surface area contributed by atoms with Gasteiger partial charge in [0, 0.05) is 6.04 Å². The maximum Gasteiger partial charge on any atom is 0.126 e. The summed E-state index contributed by atoms with van der Waals surface area (Å²) in [7, 11) is 0. The highest BCUT2D eigenvalue weighted by Gasteiger charge is 2.32. The number of aliphatic hydroxyl groups is 1. The van der Waals surface area contributed by atoms with Crippen LogP contribution in [0.2, 0.25) is 0 Å². The summed E-state index contributed by atoms with van der Waals surface area (Å²) in [6, 6.07) is 6.11. The van der Waals surface area contributed by atoms with Gasteiger partial charge in [-0.1, -0.05) is 0 Å². The molecule has 1 aliphatic heterocycles. The fourth-order valence-electron chi connectivity index (χ4n) is 3.93. The normalized spacial score (nSPS) is 27.5. The topological polar surface area (TPSA) is 44.7 Å². The number of nitrogens with zero attached hydrogens (tertiary/aromatic N) is 1. The van der Waals surface area contributed by atoms with Crippen molar-refractivity contribution < 1.29 is 14.2 Å². The van der Waals surface area contributed by atoms with E-state index in [1.165, 1.54) is 51.0 Å². The summed E-state index contributed by atoms with van der Waals surface area (Å²) in [6.07, 6.45) is 7.17. The van der Waals surface area contributed by atoms with Crippen LogP contribution in [0.5, 0.6) is 5.75 Å². The van der Waals surface area contributed by atoms with E-state index in [-0.39, 0.29) is 18.0 Å². The van der Waals surface area contributed by atoms with E-state index in [0.29, 0.717) is 5.75 Å². The first-order chi connectivity index (χ1) is 12.2. The van der Waals surface area contributed by atoms with Gasteiger partial charge in [-0.15, -0.1) is 0 Å². The number of likely N-dealkylation sites (tertiary alicyclic amines) is 1. The van der Waals surface area contributed by atoms with Crippen molar-refractivity contribution in [2.24, 2.45) is 0 Å². The van der Waals surface area contributed by atoms with E-state index < -0.39 is 6.10 Å². The van der Waals surface area contributed by atoms with Gasteiger partial charge in [0.15, 0.2) is 0 Å². The molecule has 1 saturated heterocycles. The van der Waals surface area contributed by atoms with Crippen LogP contribution in [-0.2, 0) is 0 Å². The summed E-state index contributed by atoms with van der Waals surface area (Å²) >= 11 is 0. The van der Waals surface area contributed by atoms with E-state index in [4.69, 9.17) is 4.74 Å². The Balaban J connectivity index is 1.37. The Morgan fingerprint density at radius 1 is 1.08 bits per heavy atom. The van der Waals surface area contributed by atoms with Crippen molar-refractivity contribution in [1.82, 2.24) is 10.2 Å². The van der Waals surface area contributed by atoms with Crippen LogP contribution in [0.4, 0.5) is 4.39 Å². The second kappa shape index (κ2) is 9.51. The number of aliphatic hydroxyl groups excluding tert-OH is 1. The third kappa shape index (κ3) is 5.66. The first kappa shape index (κ1) is 18.6. The summed E-state index contributed by atoms with van der Waals surface area (Å²) in [5.41, 5.74) is 0. The van der Waals surface area contributed by atoms with Crippen molar-refractivity contribution >= 4 is 0 Å². The van der Waals surface area contributed by atoms with E-state index in [1.807, 2.05) is 0 Å². The van der Waals surface area contributed by atoms with Gasteiger partial charge in [-0.25, -0.2) is 4.39 Å². The largest absolute Gasteiger partial charge is 0.488 e. The lowest BCUT2D eigenvalue weighted by atomic mass is 9.89. The molecule has 0 bridgehead atoms. The first-order valence-corrected chi connectivity index (χ1v) is 9.78. The monoisotopic (exact) mass is 350 g/mol. The van der Waals surface area contributed by atoms with Gasteiger partial charge in [-0.05, 0) is 95.4 Å². The third-order valence-corrected chi connectivity index (χ3v) is 5.40. The molecule has 0 spiro atoms. The second-order valence-corrected chi connectivity index (χ2v) is 7.35. The number of halogens is 1. The molecule has 5 heteroatoms. The summed E-state index contributed by atoms with van der Waals surface area (Å²) in [4.78, 5) is 2.54. The zero-order chi connectivity index (χ0) is 17.5. The highest BCUT2D eigenvalue weighted by molar-refractivity contribution is 5.22. The van der Waals surface area contributed by atoms with E-state index in [2.05, 4.69) is 10.2 Å². The van der Waals surface area contributed by atoms with Crippen LogP contribution in [0, 0.1) is 5.82 Å². The molecule has 1 aliphatic carbocycles. The molecule has 3 rings (SSSR count). The smallest absolute Gasteiger partial charge is 0.126 e. The fourth-order valence-corrected chi connectivity index (χ4v) is 3.93. The van der Waals surface area contributed by atoms with Crippen LogP contribution in [0.1, 0.15) is 44.9 Å². The van der Waals surface area contributed by atoms with Crippen LogP contribution in [0.25, 0.3) is 0 Å². The van der Waals surface area contributed by atoms with Crippen molar-refractivity contribution in [3.63, 3.8) is 0 Å². The number of nitrogens with one attached hydrogen (secondary N) is 1. The molecule has 1 saturated carbocycles. The van der Waals surface area contributed by atoms with E-state index in [0.717, 1.165) is 32.2 Å². The number of hydrogen-bond acceptors (Lipinski definition) is 4. The molecule has 2 fully saturated rings. The van der Waals surface area contributed by atoms with Gasteiger partial charge in [0.1, 0.15) is 23.8 Å². The predicted octanol–water partition coefficient (Wildman–Crippen LogP) is 2.95. The van der Waals surface area contributed by atoms with Gasteiger partial charge >= 0.3 is 0 Å². The Morgan fingerprint density at radius 2 is 1.84 bits per heavy atom. The highest BCUT2D eigenvalue weighted by Crippen LogP contribution is 2.24. The molecule has 25 heavy (non-hydrogen) atoms. The minimum Gasteiger partial charge on any atom is -0.488 e. The average Bonchev–Trinajstić information content (AvgIpc) is 3.13. The number of ether oxygens (including phenoxy) is 1. The Kier molecular flexibility index (Phi) is 7.08. The quantitative estimate of drug-likeness (QED) is 0.708. The van der Waals surface area contributed by atoms with Crippen molar-refractivity contribution in [3.05, 3.63) is 30.1 Å². The molecule has 0 aromatic heterocycles. The molecule has 0 unspecified atom stereocenters. The summed E-state index contributed by atoms with van der Waals surface area (Å²) in [6.45, 7) is 4.67. The lowest BCUT2D eigenvalue weighted by Crippen LogP contribution is -2.51. The second-order valence-electron chi connectivity index (χ2n) is 7.35. The molecule has 1 heterocycles. The maximum absolute atomic E-state index is 13.0. The van der Waals surface area contributed by atoms with Gasteiger partial charge in [-0.3, -0.25) is 0 Å². The lowest BCUT2D eigenvalue weighted by Gasteiger charge is -2.35. The Hall–Kier alpha value is -1.17. The molecule has 1 aromatic rings. The molecule has 2 aliphatic rings. The van der Waals surface area contributed by atoms with Crippen molar-refractivity contribution in [1.29, 1.82) is 0 Å². The number of rotatable bonds is 8. The average molecular weight is 350 g/mol. The molecule has 4 nitrogen and oxygen atoms in total. The minimum atomic E-state index is -0.516. The molecular weight excluding hydrogens is 319 g/mol. The van der Waals surface area contributed by atoms with Crippen molar-refractivity contribution in [2.45, 2.75) is 63.2 Å². The van der Waals surface area contributed by atoms with Gasteiger partial charge in [0.2, 0.25) is 0 Å². The minimum absolute atomic E-state index is 0.0889. The Morgan fingerprint density at radius 3 is 2.60 bits per heavy atom. The fraction of sp³-hybridized carbons (Fsp3) is 0.700. The molecule has 1 aromatic carbocycles. The first-order valence-electron chi connectivity index (χ1n) is 9.78. The summed E-state index contributed by atoms with van der Waals surface area (Å²) in [5.74, 6) is 0.349. The highest BCUT2D eigenvalue weighted by atomic mass is 19.1. The van der Waals surface area contributed by atoms with Gasteiger partial charge < -0.3 is 20.1 Å². The Labute approximate surface area is 150 Å². The Bertz CT molecular complexity index is 505. The van der Waals surface area contributed by atoms with Crippen molar-refractivity contribution in [3.8, 4) is 5.75 Å². The van der Waals surface area contributed by atoms with Gasteiger partial charge in [-0.2, -0.15) is 0 Å². The van der Waals surface area contributed by atoms with E-state index in [1.54, 1.807) is 12.1 Å². The number of unbranched alkanes of at least 4 members (excludes halogenated alkanes) is 1. The van der Waals surface area contributed by atoms with Crippen LogP contribution in [0.3, 0.4) is 0 Å². The van der Waals surface area contributed by atoms with Crippen LogP contribution >= 0.6 is 0 Å². The predicted molar refractivity (Wildman–Crippen MR) is 97.4 cm³/mol. The maximum atomic E-state index is 13.0. The molecule has 0 amide bonds. The zero-order valence-corrected chi connectivity index (χ0v) is 15.0. The van der Waals surface area contributed by atoms with Crippen LogP contribution in [-0.4, -0.2) is 54.4 Å². The van der Waals surface area contributed by atoms with E-state index >= 15 is 0 Å². The lowest BCUT2D eigenvalue weighted by molar-refractivity contribution is -0.0153. The molecule has 3 atom stereocenters.